The minimum atomic E-state index is -0.490. The highest BCUT2D eigenvalue weighted by molar-refractivity contribution is 6.03. The lowest BCUT2D eigenvalue weighted by Gasteiger charge is -2.07. The van der Waals surface area contributed by atoms with Gasteiger partial charge in [0.05, 0.1) is 5.69 Å². The quantitative estimate of drug-likeness (QED) is 0.833. The average Bonchev–Trinajstić information content (AvgIpc) is 2.69. The number of rotatable bonds is 3. The lowest BCUT2D eigenvalue weighted by Crippen LogP contribution is -2.17. The Morgan fingerprint density at radius 1 is 1.42 bits per heavy atom. The zero-order chi connectivity index (χ0) is 14.0. The number of nitrogen functional groups attached to an aromatic ring is 1. The van der Waals surface area contributed by atoms with Crippen LogP contribution in [0.2, 0.25) is 0 Å². The first kappa shape index (κ1) is 13.1. The van der Waals surface area contributed by atoms with Crippen LogP contribution in [0.3, 0.4) is 0 Å². The fourth-order valence-electron chi connectivity index (χ4n) is 1.85. The summed E-state index contributed by atoms with van der Waals surface area (Å²) in [6, 6.07) is 5.59. The number of amides is 1. The smallest absolute Gasteiger partial charge is 0.273 e. The van der Waals surface area contributed by atoms with E-state index < -0.39 is 5.82 Å². The number of nitrogens with zero attached hydrogens (tertiary/aromatic N) is 2. The van der Waals surface area contributed by atoms with Crippen molar-refractivity contribution in [3.05, 3.63) is 41.5 Å². The van der Waals surface area contributed by atoms with Gasteiger partial charge in [-0.05, 0) is 38.1 Å². The molecule has 0 unspecified atom stereocenters. The van der Waals surface area contributed by atoms with Crippen molar-refractivity contribution < 1.29 is 9.18 Å². The van der Waals surface area contributed by atoms with E-state index in [9.17, 15) is 9.18 Å². The van der Waals surface area contributed by atoms with Crippen molar-refractivity contribution in [2.24, 2.45) is 0 Å². The van der Waals surface area contributed by atoms with Crippen molar-refractivity contribution in [3.63, 3.8) is 0 Å². The van der Waals surface area contributed by atoms with E-state index in [2.05, 4.69) is 10.4 Å². The van der Waals surface area contributed by atoms with Crippen LogP contribution in [0.15, 0.2) is 24.3 Å². The van der Waals surface area contributed by atoms with Crippen molar-refractivity contribution >= 4 is 17.3 Å². The second-order valence-electron chi connectivity index (χ2n) is 4.21. The standard InChI is InChI=1S/C13H15FN4O/c1-3-18-12(4-8(2)17-18)13(19)16-11-6-9(14)5-10(15)7-11/h4-7H,3,15H2,1-2H3,(H,16,19). The molecule has 0 bridgehead atoms. The van der Waals surface area contributed by atoms with E-state index in [1.807, 2.05) is 13.8 Å². The summed E-state index contributed by atoms with van der Waals surface area (Å²) in [4.78, 5) is 12.1. The Morgan fingerprint density at radius 3 is 2.79 bits per heavy atom. The van der Waals surface area contributed by atoms with Gasteiger partial charge >= 0.3 is 0 Å². The molecule has 0 spiro atoms. The molecule has 6 heteroatoms. The minimum absolute atomic E-state index is 0.260. The normalized spacial score (nSPS) is 10.5. The fourth-order valence-corrected chi connectivity index (χ4v) is 1.85. The summed E-state index contributed by atoms with van der Waals surface area (Å²) in [5.74, 6) is -0.831. The molecular formula is C13H15FN4O. The molecule has 19 heavy (non-hydrogen) atoms. The molecule has 3 N–H and O–H groups in total. The number of nitrogens with one attached hydrogen (secondary N) is 1. The van der Waals surface area contributed by atoms with Gasteiger partial charge in [0.2, 0.25) is 0 Å². The first-order chi connectivity index (χ1) is 8.99. The van der Waals surface area contributed by atoms with Crippen molar-refractivity contribution in [2.75, 3.05) is 11.1 Å². The summed E-state index contributed by atoms with van der Waals surface area (Å²) < 4.78 is 14.8. The van der Waals surface area contributed by atoms with Crippen LogP contribution in [0.1, 0.15) is 23.1 Å². The lowest BCUT2D eigenvalue weighted by atomic mass is 10.2. The molecule has 1 heterocycles. The van der Waals surface area contributed by atoms with Gasteiger partial charge in [-0.2, -0.15) is 5.10 Å². The summed E-state index contributed by atoms with van der Waals surface area (Å²) in [7, 11) is 0. The molecule has 0 atom stereocenters. The maximum Gasteiger partial charge on any atom is 0.273 e. The summed E-state index contributed by atoms with van der Waals surface area (Å²) in [6.45, 7) is 4.29. The van der Waals surface area contributed by atoms with E-state index in [4.69, 9.17) is 5.73 Å². The van der Waals surface area contributed by atoms with Crippen molar-refractivity contribution in [2.45, 2.75) is 20.4 Å². The van der Waals surface area contributed by atoms with Gasteiger partial charge in [-0.1, -0.05) is 0 Å². The fraction of sp³-hybridized carbons (Fsp3) is 0.231. The molecule has 0 fully saturated rings. The zero-order valence-electron chi connectivity index (χ0n) is 10.8. The highest BCUT2D eigenvalue weighted by Gasteiger charge is 2.13. The zero-order valence-corrected chi connectivity index (χ0v) is 10.8. The first-order valence-electron chi connectivity index (χ1n) is 5.91. The number of hydrogen-bond donors (Lipinski definition) is 2. The molecule has 0 aliphatic carbocycles. The number of carbonyl (C=O) groups excluding carboxylic acids is 1. The van der Waals surface area contributed by atoms with E-state index in [1.54, 1.807) is 10.7 Å². The molecule has 5 nitrogen and oxygen atoms in total. The second-order valence-corrected chi connectivity index (χ2v) is 4.21. The molecule has 0 radical (unpaired) electrons. The molecule has 2 aromatic rings. The van der Waals surface area contributed by atoms with Gasteiger partial charge in [-0.3, -0.25) is 9.48 Å². The maximum absolute atomic E-state index is 13.2. The molecule has 1 amide bonds. The molecular weight excluding hydrogens is 247 g/mol. The summed E-state index contributed by atoms with van der Waals surface area (Å²) in [6.07, 6.45) is 0. The van der Waals surface area contributed by atoms with E-state index >= 15 is 0 Å². The first-order valence-corrected chi connectivity index (χ1v) is 5.91. The van der Waals surface area contributed by atoms with Crippen LogP contribution in [0.5, 0.6) is 0 Å². The highest BCUT2D eigenvalue weighted by Crippen LogP contribution is 2.16. The summed E-state index contributed by atoms with van der Waals surface area (Å²) in [5, 5.41) is 6.79. The Balaban J connectivity index is 2.25. The third-order valence-electron chi connectivity index (χ3n) is 2.61. The Labute approximate surface area is 110 Å². The Hall–Kier alpha value is -2.37. The minimum Gasteiger partial charge on any atom is -0.399 e. The van der Waals surface area contributed by atoms with Gasteiger partial charge in [-0.15, -0.1) is 0 Å². The van der Waals surface area contributed by atoms with Crippen molar-refractivity contribution in [3.8, 4) is 0 Å². The van der Waals surface area contributed by atoms with E-state index in [-0.39, 0.29) is 11.6 Å². The predicted molar refractivity (Wildman–Crippen MR) is 71.4 cm³/mol. The number of benzene rings is 1. The van der Waals surface area contributed by atoms with E-state index in [1.165, 1.54) is 18.2 Å². The van der Waals surface area contributed by atoms with Gasteiger partial charge in [-0.25, -0.2) is 4.39 Å². The van der Waals surface area contributed by atoms with Gasteiger partial charge < -0.3 is 11.1 Å². The van der Waals surface area contributed by atoms with Gasteiger partial charge in [0.1, 0.15) is 11.5 Å². The number of hydrogen-bond acceptors (Lipinski definition) is 3. The third-order valence-corrected chi connectivity index (χ3v) is 2.61. The Morgan fingerprint density at radius 2 is 2.16 bits per heavy atom. The van der Waals surface area contributed by atoms with Crippen LogP contribution in [-0.4, -0.2) is 15.7 Å². The molecule has 1 aromatic carbocycles. The Kier molecular flexibility index (Phi) is 3.50. The number of anilines is 2. The molecule has 1 aromatic heterocycles. The second kappa shape index (κ2) is 5.09. The summed E-state index contributed by atoms with van der Waals surface area (Å²) in [5.41, 5.74) is 7.30. The van der Waals surface area contributed by atoms with Crippen molar-refractivity contribution in [1.29, 1.82) is 0 Å². The monoisotopic (exact) mass is 262 g/mol. The molecule has 0 saturated carbocycles. The van der Waals surface area contributed by atoms with Crippen LogP contribution < -0.4 is 11.1 Å². The van der Waals surface area contributed by atoms with E-state index in [0.29, 0.717) is 17.9 Å². The largest absolute Gasteiger partial charge is 0.399 e. The number of halogens is 1. The summed E-state index contributed by atoms with van der Waals surface area (Å²) >= 11 is 0. The van der Waals surface area contributed by atoms with Gasteiger partial charge in [0.25, 0.3) is 5.91 Å². The number of aryl methyl sites for hydroxylation is 2. The van der Waals surface area contributed by atoms with Crippen LogP contribution in [0.25, 0.3) is 0 Å². The van der Waals surface area contributed by atoms with Crippen LogP contribution in [-0.2, 0) is 6.54 Å². The number of nitrogens with two attached hydrogens (primary N) is 1. The topological polar surface area (TPSA) is 72.9 Å². The molecule has 0 saturated heterocycles. The predicted octanol–water partition coefficient (Wildman–Crippen LogP) is 2.19. The third kappa shape index (κ3) is 2.90. The lowest BCUT2D eigenvalue weighted by molar-refractivity contribution is 0.101. The average molecular weight is 262 g/mol. The van der Waals surface area contributed by atoms with Gasteiger partial charge in [0, 0.05) is 17.9 Å². The van der Waals surface area contributed by atoms with Crippen LogP contribution in [0.4, 0.5) is 15.8 Å². The van der Waals surface area contributed by atoms with Crippen LogP contribution in [0, 0.1) is 12.7 Å². The van der Waals surface area contributed by atoms with Crippen LogP contribution >= 0.6 is 0 Å². The van der Waals surface area contributed by atoms with E-state index in [0.717, 1.165) is 5.69 Å². The molecule has 2 rings (SSSR count). The molecule has 0 aliphatic rings. The van der Waals surface area contributed by atoms with Crippen molar-refractivity contribution in [1.82, 2.24) is 9.78 Å². The van der Waals surface area contributed by atoms with Gasteiger partial charge in [0.15, 0.2) is 0 Å². The Bertz CT molecular complexity index is 601. The highest BCUT2D eigenvalue weighted by atomic mass is 19.1. The molecule has 100 valence electrons. The number of carbonyl (C=O) groups is 1. The SMILES string of the molecule is CCn1nc(C)cc1C(=O)Nc1cc(N)cc(F)c1. The maximum atomic E-state index is 13.2. The molecule has 0 aliphatic heterocycles. The number of aromatic nitrogens is 2.